The zero-order valence-electron chi connectivity index (χ0n) is 8.27. The van der Waals surface area contributed by atoms with Gasteiger partial charge in [0.2, 0.25) is 5.91 Å². The number of nitrogens with zero attached hydrogens (tertiary/aromatic N) is 1. The minimum Gasteiger partial charge on any atom is -0.310 e. The number of anilines is 1. The Bertz CT molecular complexity index is 506. The number of H-pyrrole nitrogens is 1. The number of hydrogen-bond acceptors (Lipinski definition) is 4. The summed E-state index contributed by atoms with van der Waals surface area (Å²) in [7, 11) is 0. The summed E-state index contributed by atoms with van der Waals surface area (Å²) >= 11 is 3.30. The smallest absolute Gasteiger partial charge is 0.235 e. The molecule has 2 aromatic heterocycles. The molecule has 82 valence electrons. The van der Waals surface area contributed by atoms with Gasteiger partial charge in [-0.1, -0.05) is 0 Å². The summed E-state index contributed by atoms with van der Waals surface area (Å²) in [6.45, 7) is 0. The molecule has 3 heterocycles. The van der Waals surface area contributed by atoms with Crippen molar-refractivity contribution in [3.63, 3.8) is 0 Å². The van der Waals surface area contributed by atoms with Crippen LogP contribution < -0.4 is 5.32 Å². The number of thioether (sulfide) groups is 1. The van der Waals surface area contributed by atoms with E-state index in [4.69, 9.17) is 0 Å². The SMILES string of the molecule is O=C1CSC(c2ccsc2)c2cn[nH]c2N1. The fraction of sp³-hybridized carbons (Fsp3) is 0.200. The summed E-state index contributed by atoms with van der Waals surface area (Å²) in [5, 5.41) is 14.0. The number of hydrogen-bond donors (Lipinski definition) is 2. The molecule has 1 amide bonds. The number of aromatic amines is 1. The first-order valence-corrected chi connectivity index (χ1v) is 6.80. The minimum atomic E-state index is 0.0215. The molecule has 0 saturated carbocycles. The second-order valence-electron chi connectivity index (χ2n) is 3.50. The van der Waals surface area contributed by atoms with E-state index in [1.807, 2.05) is 0 Å². The van der Waals surface area contributed by atoms with Gasteiger partial charge in [-0.2, -0.15) is 16.4 Å². The van der Waals surface area contributed by atoms with Gasteiger partial charge < -0.3 is 5.32 Å². The van der Waals surface area contributed by atoms with Gasteiger partial charge in [0.1, 0.15) is 5.82 Å². The van der Waals surface area contributed by atoms with Crippen molar-refractivity contribution < 1.29 is 4.79 Å². The second-order valence-corrected chi connectivity index (χ2v) is 5.37. The van der Waals surface area contributed by atoms with E-state index in [2.05, 4.69) is 32.3 Å². The number of thiophene rings is 1. The molecule has 6 heteroatoms. The van der Waals surface area contributed by atoms with Gasteiger partial charge in [0.15, 0.2) is 0 Å². The largest absolute Gasteiger partial charge is 0.310 e. The zero-order valence-corrected chi connectivity index (χ0v) is 9.90. The van der Waals surface area contributed by atoms with Crippen molar-refractivity contribution in [3.8, 4) is 0 Å². The van der Waals surface area contributed by atoms with Crippen LogP contribution in [0.2, 0.25) is 0 Å². The van der Waals surface area contributed by atoms with Crippen LogP contribution in [0.15, 0.2) is 23.0 Å². The molecular weight excluding hydrogens is 242 g/mol. The average Bonchev–Trinajstić information content (AvgIpc) is 2.89. The molecule has 1 aliphatic rings. The Morgan fingerprint density at radius 1 is 1.50 bits per heavy atom. The Labute approximate surface area is 100 Å². The fourth-order valence-electron chi connectivity index (χ4n) is 1.72. The van der Waals surface area contributed by atoms with Crippen LogP contribution in [0.1, 0.15) is 16.4 Å². The lowest BCUT2D eigenvalue weighted by Crippen LogP contribution is -2.12. The Morgan fingerprint density at radius 2 is 2.44 bits per heavy atom. The quantitative estimate of drug-likeness (QED) is 0.817. The van der Waals surface area contributed by atoms with E-state index in [-0.39, 0.29) is 11.2 Å². The molecule has 16 heavy (non-hydrogen) atoms. The fourth-order valence-corrected chi connectivity index (χ4v) is 3.58. The topological polar surface area (TPSA) is 57.8 Å². The zero-order chi connectivity index (χ0) is 11.0. The van der Waals surface area contributed by atoms with Crippen molar-refractivity contribution in [2.45, 2.75) is 5.25 Å². The highest BCUT2D eigenvalue weighted by atomic mass is 32.2. The molecule has 1 unspecified atom stereocenters. The molecule has 2 aromatic rings. The molecule has 4 nitrogen and oxygen atoms in total. The molecule has 3 rings (SSSR count). The summed E-state index contributed by atoms with van der Waals surface area (Å²) < 4.78 is 0. The average molecular weight is 251 g/mol. The van der Waals surface area contributed by atoms with Crippen molar-refractivity contribution in [3.05, 3.63) is 34.2 Å². The maximum absolute atomic E-state index is 11.5. The molecule has 0 spiro atoms. The number of nitrogens with one attached hydrogen (secondary N) is 2. The summed E-state index contributed by atoms with van der Waals surface area (Å²) in [6, 6.07) is 2.09. The Balaban J connectivity index is 2.05. The van der Waals surface area contributed by atoms with Crippen LogP contribution in [0, 0.1) is 0 Å². The molecule has 1 aliphatic heterocycles. The summed E-state index contributed by atoms with van der Waals surface area (Å²) in [4.78, 5) is 11.5. The van der Waals surface area contributed by atoms with Gasteiger partial charge in [0.05, 0.1) is 17.2 Å². The molecule has 0 radical (unpaired) electrons. The van der Waals surface area contributed by atoms with Gasteiger partial charge in [0.25, 0.3) is 0 Å². The van der Waals surface area contributed by atoms with Crippen LogP contribution in [0.25, 0.3) is 0 Å². The highest BCUT2D eigenvalue weighted by Crippen LogP contribution is 2.40. The van der Waals surface area contributed by atoms with Crippen LogP contribution in [-0.2, 0) is 4.79 Å². The second kappa shape index (κ2) is 3.95. The predicted molar refractivity (Wildman–Crippen MR) is 65.8 cm³/mol. The van der Waals surface area contributed by atoms with Crippen molar-refractivity contribution in [1.82, 2.24) is 10.2 Å². The number of aromatic nitrogens is 2. The lowest BCUT2D eigenvalue weighted by atomic mass is 10.1. The number of carbonyl (C=O) groups is 1. The standard InChI is InChI=1S/C10H9N3OS2/c14-8-5-16-9(6-1-2-15-4-6)7-3-11-13-10(7)12-8/h1-4,9H,5H2,(H2,11,12,13,14). The van der Waals surface area contributed by atoms with Crippen molar-refractivity contribution in [1.29, 1.82) is 0 Å². The highest BCUT2D eigenvalue weighted by Gasteiger charge is 2.25. The van der Waals surface area contributed by atoms with Crippen LogP contribution >= 0.6 is 23.1 Å². The first-order chi connectivity index (χ1) is 7.84. The summed E-state index contributed by atoms with van der Waals surface area (Å²) in [5.41, 5.74) is 2.28. The van der Waals surface area contributed by atoms with Gasteiger partial charge in [-0.15, -0.1) is 11.8 Å². The lowest BCUT2D eigenvalue weighted by Gasteiger charge is -2.10. The molecular formula is C10H9N3OS2. The van der Waals surface area contributed by atoms with Crippen molar-refractivity contribution in [2.75, 3.05) is 11.1 Å². The number of amides is 1. The number of fused-ring (bicyclic) bond motifs is 1. The normalized spacial score (nSPS) is 20.0. The monoisotopic (exact) mass is 251 g/mol. The van der Waals surface area contributed by atoms with E-state index >= 15 is 0 Å². The molecule has 0 aromatic carbocycles. The molecule has 2 N–H and O–H groups in total. The van der Waals surface area contributed by atoms with Crippen molar-refractivity contribution in [2.24, 2.45) is 0 Å². The van der Waals surface area contributed by atoms with Crippen molar-refractivity contribution >= 4 is 34.8 Å². The van der Waals surface area contributed by atoms with E-state index in [9.17, 15) is 4.79 Å². The summed E-state index contributed by atoms with van der Waals surface area (Å²) in [6.07, 6.45) is 1.79. The highest BCUT2D eigenvalue weighted by molar-refractivity contribution is 8.00. The van der Waals surface area contributed by atoms with E-state index < -0.39 is 0 Å². The Hall–Kier alpha value is -1.27. The maximum Gasteiger partial charge on any atom is 0.235 e. The predicted octanol–water partition coefficient (Wildman–Crippen LogP) is 2.25. The van der Waals surface area contributed by atoms with E-state index in [1.54, 1.807) is 29.3 Å². The van der Waals surface area contributed by atoms with Crippen LogP contribution in [-0.4, -0.2) is 21.9 Å². The molecule has 0 aliphatic carbocycles. The maximum atomic E-state index is 11.5. The molecule has 0 fully saturated rings. The third kappa shape index (κ3) is 1.64. The van der Waals surface area contributed by atoms with Gasteiger partial charge in [-0.05, 0) is 22.4 Å². The van der Waals surface area contributed by atoms with Crippen LogP contribution in [0.5, 0.6) is 0 Å². The van der Waals surface area contributed by atoms with E-state index in [0.717, 1.165) is 11.4 Å². The Kier molecular flexibility index (Phi) is 2.45. The first-order valence-electron chi connectivity index (χ1n) is 4.81. The molecule has 0 bridgehead atoms. The first kappa shape index (κ1) is 9.92. The van der Waals surface area contributed by atoms with E-state index in [1.165, 1.54) is 5.56 Å². The van der Waals surface area contributed by atoms with Gasteiger partial charge in [-0.25, -0.2) is 0 Å². The molecule has 1 atom stereocenters. The minimum absolute atomic E-state index is 0.0215. The number of carbonyl (C=O) groups excluding carboxylic acids is 1. The van der Waals surface area contributed by atoms with Crippen LogP contribution in [0.4, 0.5) is 5.82 Å². The molecule has 0 saturated heterocycles. The third-order valence-corrected chi connectivity index (χ3v) is 4.43. The van der Waals surface area contributed by atoms with E-state index in [0.29, 0.717) is 5.75 Å². The summed E-state index contributed by atoms with van der Waals surface area (Å²) in [5.74, 6) is 1.22. The van der Waals surface area contributed by atoms with Gasteiger partial charge in [0, 0.05) is 5.56 Å². The third-order valence-electron chi connectivity index (χ3n) is 2.44. The Morgan fingerprint density at radius 3 is 3.25 bits per heavy atom. The van der Waals surface area contributed by atoms with Gasteiger partial charge in [-0.3, -0.25) is 9.89 Å². The number of rotatable bonds is 1. The van der Waals surface area contributed by atoms with Crippen LogP contribution in [0.3, 0.4) is 0 Å². The lowest BCUT2D eigenvalue weighted by molar-refractivity contribution is -0.113. The van der Waals surface area contributed by atoms with Gasteiger partial charge >= 0.3 is 0 Å².